The van der Waals surface area contributed by atoms with Crippen molar-refractivity contribution in [1.29, 1.82) is 0 Å². The zero-order valence-corrected chi connectivity index (χ0v) is 20.2. The minimum atomic E-state index is -0.136. The van der Waals surface area contributed by atoms with Gasteiger partial charge in [-0.3, -0.25) is 9.78 Å². The van der Waals surface area contributed by atoms with Gasteiger partial charge in [0.1, 0.15) is 11.3 Å². The van der Waals surface area contributed by atoms with Crippen molar-refractivity contribution in [3.8, 4) is 5.75 Å². The molecule has 4 rings (SSSR count). The lowest BCUT2D eigenvalue weighted by atomic mass is 9.96. The molecule has 3 heterocycles. The number of nitrogens with two attached hydrogens (primary N) is 1. The molecule has 0 aliphatic heterocycles. The number of carbonyl (C=O) groups excluding carboxylic acids is 1. The van der Waals surface area contributed by atoms with E-state index in [0.717, 1.165) is 39.8 Å². The lowest BCUT2D eigenvalue weighted by Gasteiger charge is -2.17. The number of nitrogen functional groups attached to an aromatic ring is 1. The van der Waals surface area contributed by atoms with Crippen LogP contribution in [0, 0.1) is 5.92 Å². The SMILES string of the molecule is CC(C)Cn1cnc2c(N)nc3cc(OCCCNC(=O)c4cccnc4)cc(C(C)C)c3c21. The molecule has 1 aromatic carbocycles. The van der Waals surface area contributed by atoms with Crippen LogP contribution in [0.2, 0.25) is 0 Å². The average Bonchev–Trinajstić information content (AvgIpc) is 3.22. The summed E-state index contributed by atoms with van der Waals surface area (Å²) < 4.78 is 8.23. The number of ether oxygens (including phenoxy) is 1. The Morgan fingerprint density at radius 1 is 1.24 bits per heavy atom. The largest absolute Gasteiger partial charge is 0.493 e. The summed E-state index contributed by atoms with van der Waals surface area (Å²) in [7, 11) is 0. The number of rotatable bonds is 9. The molecule has 1 amide bonds. The van der Waals surface area contributed by atoms with Crippen LogP contribution in [0.3, 0.4) is 0 Å². The van der Waals surface area contributed by atoms with Crippen molar-refractivity contribution in [2.45, 2.75) is 46.6 Å². The summed E-state index contributed by atoms with van der Waals surface area (Å²) in [5.74, 6) is 1.78. The first kappa shape index (κ1) is 23.5. The summed E-state index contributed by atoms with van der Waals surface area (Å²) in [6, 6.07) is 7.52. The summed E-state index contributed by atoms with van der Waals surface area (Å²) in [6.07, 6.45) is 5.73. The van der Waals surface area contributed by atoms with Crippen molar-refractivity contribution in [3.63, 3.8) is 0 Å². The molecule has 3 N–H and O–H groups in total. The van der Waals surface area contributed by atoms with Crippen LogP contribution >= 0.6 is 0 Å². The Morgan fingerprint density at radius 2 is 2.06 bits per heavy atom. The fourth-order valence-corrected chi connectivity index (χ4v) is 4.12. The van der Waals surface area contributed by atoms with Crippen molar-refractivity contribution >= 4 is 33.7 Å². The van der Waals surface area contributed by atoms with Gasteiger partial charge in [-0.2, -0.15) is 0 Å². The van der Waals surface area contributed by atoms with E-state index in [2.05, 4.69) is 58.6 Å². The molecule has 178 valence electrons. The minimum Gasteiger partial charge on any atom is -0.493 e. The highest BCUT2D eigenvalue weighted by atomic mass is 16.5. The van der Waals surface area contributed by atoms with Gasteiger partial charge in [-0.05, 0) is 42.0 Å². The van der Waals surface area contributed by atoms with Crippen LogP contribution in [0.5, 0.6) is 5.75 Å². The second-order valence-electron chi connectivity index (χ2n) is 9.25. The van der Waals surface area contributed by atoms with Gasteiger partial charge in [-0.1, -0.05) is 27.7 Å². The summed E-state index contributed by atoms with van der Waals surface area (Å²) in [5, 5.41) is 3.97. The maximum absolute atomic E-state index is 12.1. The lowest BCUT2D eigenvalue weighted by molar-refractivity contribution is 0.0951. The quantitative estimate of drug-likeness (QED) is 0.355. The van der Waals surface area contributed by atoms with Crippen LogP contribution in [0.25, 0.3) is 21.9 Å². The van der Waals surface area contributed by atoms with Gasteiger partial charge < -0.3 is 20.4 Å². The molecule has 8 nitrogen and oxygen atoms in total. The van der Waals surface area contributed by atoms with Gasteiger partial charge in [0, 0.05) is 36.9 Å². The first-order chi connectivity index (χ1) is 16.3. The van der Waals surface area contributed by atoms with E-state index in [1.54, 1.807) is 24.5 Å². The van der Waals surface area contributed by atoms with Crippen LogP contribution in [-0.4, -0.2) is 38.6 Å². The second-order valence-corrected chi connectivity index (χ2v) is 9.25. The number of amides is 1. The molecule has 8 heteroatoms. The number of imidazole rings is 1. The highest BCUT2D eigenvalue weighted by Crippen LogP contribution is 2.36. The van der Waals surface area contributed by atoms with Gasteiger partial charge in [-0.25, -0.2) is 9.97 Å². The summed E-state index contributed by atoms with van der Waals surface area (Å²) in [4.78, 5) is 25.3. The van der Waals surface area contributed by atoms with Gasteiger partial charge in [-0.15, -0.1) is 0 Å². The summed E-state index contributed by atoms with van der Waals surface area (Å²) >= 11 is 0. The number of pyridine rings is 2. The predicted molar refractivity (Wildman–Crippen MR) is 135 cm³/mol. The zero-order valence-electron chi connectivity index (χ0n) is 20.2. The Bertz CT molecular complexity index is 1300. The molecule has 34 heavy (non-hydrogen) atoms. The third-order valence-corrected chi connectivity index (χ3v) is 5.66. The van der Waals surface area contributed by atoms with Gasteiger partial charge in [0.2, 0.25) is 0 Å². The molecule has 0 atom stereocenters. The van der Waals surface area contributed by atoms with E-state index in [1.165, 1.54) is 0 Å². The van der Waals surface area contributed by atoms with Gasteiger partial charge in [0.25, 0.3) is 5.91 Å². The van der Waals surface area contributed by atoms with Crippen molar-refractivity contribution in [3.05, 3.63) is 54.1 Å². The first-order valence-electron chi connectivity index (χ1n) is 11.7. The normalized spacial score (nSPS) is 11.6. The number of anilines is 1. The topological polar surface area (TPSA) is 108 Å². The van der Waals surface area contributed by atoms with Crippen molar-refractivity contribution < 1.29 is 9.53 Å². The number of nitrogens with zero attached hydrogens (tertiary/aromatic N) is 4. The van der Waals surface area contributed by atoms with E-state index < -0.39 is 0 Å². The van der Waals surface area contributed by atoms with Crippen LogP contribution in [0.15, 0.2) is 43.0 Å². The van der Waals surface area contributed by atoms with E-state index in [1.807, 2.05) is 12.4 Å². The molecule has 0 saturated heterocycles. The maximum Gasteiger partial charge on any atom is 0.252 e. The van der Waals surface area contributed by atoms with Gasteiger partial charge in [0.05, 0.1) is 29.5 Å². The maximum atomic E-state index is 12.1. The predicted octanol–water partition coefficient (Wildman–Crippen LogP) is 4.54. The fraction of sp³-hybridized carbons (Fsp3) is 0.385. The van der Waals surface area contributed by atoms with Crippen LogP contribution < -0.4 is 15.8 Å². The van der Waals surface area contributed by atoms with Crippen LogP contribution in [-0.2, 0) is 6.54 Å². The number of carbonyl (C=O) groups is 1. The summed E-state index contributed by atoms with van der Waals surface area (Å²) in [5.41, 5.74) is 10.6. The van der Waals surface area contributed by atoms with Crippen molar-refractivity contribution in [1.82, 2.24) is 24.8 Å². The summed E-state index contributed by atoms with van der Waals surface area (Å²) in [6.45, 7) is 10.5. The second kappa shape index (κ2) is 10.1. The van der Waals surface area contributed by atoms with Gasteiger partial charge in [0.15, 0.2) is 5.82 Å². The molecule has 0 aliphatic carbocycles. The monoisotopic (exact) mass is 460 g/mol. The number of hydrogen-bond donors (Lipinski definition) is 2. The molecule has 0 fully saturated rings. The zero-order chi connectivity index (χ0) is 24.2. The Labute approximate surface area is 199 Å². The molecule has 0 saturated carbocycles. The molecule has 0 aliphatic rings. The molecule has 0 spiro atoms. The Morgan fingerprint density at radius 3 is 2.76 bits per heavy atom. The number of fused-ring (bicyclic) bond motifs is 3. The molecule has 3 aromatic heterocycles. The van der Waals surface area contributed by atoms with Crippen LogP contribution in [0.4, 0.5) is 5.82 Å². The first-order valence-corrected chi connectivity index (χ1v) is 11.7. The van der Waals surface area contributed by atoms with E-state index in [0.29, 0.717) is 36.9 Å². The van der Waals surface area contributed by atoms with E-state index in [9.17, 15) is 4.79 Å². The smallest absolute Gasteiger partial charge is 0.252 e. The van der Waals surface area contributed by atoms with Gasteiger partial charge >= 0.3 is 0 Å². The van der Waals surface area contributed by atoms with E-state index >= 15 is 0 Å². The van der Waals surface area contributed by atoms with Crippen LogP contribution in [0.1, 0.15) is 56.0 Å². The third kappa shape index (κ3) is 4.95. The molecule has 0 radical (unpaired) electrons. The third-order valence-electron chi connectivity index (χ3n) is 5.66. The minimum absolute atomic E-state index is 0.136. The lowest BCUT2D eigenvalue weighted by Crippen LogP contribution is -2.25. The number of hydrogen-bond acceptors (Lipinski definition) is 6. The molecule has 4 aromatic rings. The highest BCUT2D eigenvalue weighted by molar-refractivity contribution is 6.08. The van der Waals surface area contributed by atoms with E-state index in [-0.39, 0.29) is 11.8 Å². The average molecular weight is 461 g/mol. The molecular formula is C26H32N6O2. The Balaban J connectivity index is 1.54. The van der Waals surface area contributed by atoms with Crippen molar-refractivity contribution in [2.75, 3.05) is 18.9 Å². The Kier molecular flexibility index (Phi) is 6.95. The molecular weight excluding hydrogens is 428 g/mol. The Hall–Kier alpha value is -3.68. The van der Waals surface area contributed by atoms with Crippen molar-refractivity contribution in [2.24, 2.45) is 5.92 Å². The van der Waals surface area contributed by atoms with E-state index in [4.69, 9.17) is 10.5 Å². The number of aromatic nitrogens is 4. The molecule has 0 bridgehead atoms. The highest BCUT2D eigenvalue weighted by Gasteiger charge is 2.19. The number of nitrogens with one attached hydrogen (secondary N) is 1. The standard InChI is InChI=1S/C26H32N6O2/c1-16(2)14-32-15-30-23-24(32)22-20(17(3)4)11-19(12-21(22)31-25(23)27)34-10-6-9-29-26(33)18-7-5-8-28-13-18/h5,7-8,11-13,15-17H,6,9-10,14H2,1-4H3,(H2,27,31)(H,29,33). The number of benzene rings is 1. The fourth-order valence-electron chi connectivity index (χ4n) is 4.12. The molecule has 0 unspecified atom stereocenters.